The molecule has 3 N–H and O–H groups in total. The molecule has 2 aromatic carbocycles. The first-order valence-corrected chi connectivity index (χ1v) is 9.09. The molecule has 0 unspecified atom stereocenters. The third-order valence-electron chi connectivity index (χ3n) is 4.87. The predicted molar refractivity (Wildman–Crippen MR) is 105 cm³/mol. The summed E-state index contributed by atoms with van der Waals surface area (Å²) in [5.41, 5.74) is 8.38. The van der Waals surface area contributed by atoms with Crippen molar-refractivity contribution in [1.29, 1.82) is 5.41 Å². The molecule has 0 spiro atoms. The van der Waals surface area contributed by atoms with Gasteiger partial charge in [-0.1, -0.05) is 17.7 Å². The molecule has 0 atom stereocenters. The first-order chi connectivity index (χ1) is 12.5. The number of hydrogen-bond acceptors (Lipinski definition) is 4. The van der Waals surface area contributed by atoms with Crippen LogP contribution < -0.4 is 15.4 Å². The molecule has 1 saturated heterocycles. The standard InChI is InChI=1S/C20H23ClFN3O/c1-13-2-4-18(17(22)10-13)25-8-6-14(7-9-25)12-26-19-5-3-16(21)20(24)15(19)11-23/h2-5,10-11,14,23H,6-9,12,24H2,1H3. The Balaban J connectivity index is 1.58. The van der Waals surface area contributed by atoms with Gasteiger partial charge in [-0.3, -0.25) is 0 Å². The van der Waals surface area contributed by atoms with Crippen molar-refractivity contribution in [3.05, 3.63) is 52.3 Å². The number of piperidine rings is 1. The van der Waals surface area contributed by atoms with Crippen molar-refractivity contribution in [2.45, 2.75) is 19.8 Å². The van der Waals surface area contributed by atoms with E-state index < -0.39 is 0 Å². The average Bonchev–Trinajstić information content (AvgIpc) is 2.63. The lowest BCUT2D eigenvalue weighted by Crippen LogP contribution is -2.36. The Morgan fingerprint density at radius 3 is 2.69 bits per heavy atom. The summed E-state index contributed by atoms with van der Waals surface area (Å²) in [6.45, 7) is 4.04. The number of ether oxygens (including phenoxy) is 1. The number of rotatable bonds is 5. The molecule has 1 aliphatic rings. The van der Waals surface area contributed by atoms with Gasteiger partial charge in [-0.05, 0) is 55.5 Å². The highest BCUT2D eigenvalue weighted by molar-refractivity contribution is 6.33. The smallest absolute Gasteiger partial charge is 0.146 e. The molecule has 4 nitrogen and oxygen atoms in total. The van der Waals surface area contributed by atoms with E-state index in [1.54, 1.807) is 18.2 Å². The van der Waals surface area contributed by atoms with Gasteiger partial charge in [-0.2, -0.15) is 0 Å². The van der Waals surface area contributed by atoms with Crippen molar-refractivity contribution in [2.24, 2.45) is 5.92 Å². The van der Waals surface area contributed by atoms with Gasteiger partial charge in [0, 0.05) is 19.3 Å². The monoisotopic (exact) mass is 375 g/mol. The first kappa shape index (κ1) is 18.5. The molecule has 0 aliphatic carbocycles. The summed E-state index contributed by atoms with van der Waals surface area (Å²) >= 11 is 5.99. The van der Waals surface area contributed by atoms with E-state index in [2.05, 4.69) is 4.90 Å². The van der Waals surface area contributed by atoms with Crippen LogP contribution in [-0.2, 0) is 0 Å². The van der Waals surface area contributed by atoms with Crippen molar-refractivity contribution >= 4 is 29.2 Å². The lowest BCUT2D eigenvalue weighted by atomic mass is 9.97. The van der Waals surface area contributed by atoms with Crippen LogP contribution in [0.1, 0.15) is 24.0 Å². The Morgan fingerprint density at radius 1 is 1.31 bits per heavy atom. The third-order valence-corrected chi connectivity index (χ3v) is 5.20. The van der Waals surface area contributed by atoms with E-state index >= 15 is 0 Å². The van der Waals surface area contributed by atoms with Crippen molar-refractivity contribution < 1.29 is 9.13 Å². The molecule has 0 radical (unpaired) electrons. The van der Waals surface area contributed by atoms with E-state index in [0.717, 1.165) is 31.5 Å². The summed E-state index contributed by atoms with van der Waals surface area (Å²) in [5, 5.41) is 7.94. The number of nitrogen functional groups attached to an aromatic ring is 1. The van der Waals surface area contributed by atoms with E-state index in [1.807, 2.05) is 19.1 Å². The highest BCUT2D eigenvalue weighted by atomic mass is 35.5. The van der Waals surface area contributed by atoms with Crippen LogP contribution in [0.2, 0.25) is 5.02 Å². The van der Waals surface area contributed by atoms with Crippen molar-refractivity contribution in [2.75, 3.05) is 30.3 Å². The van der Waals surface area contributed by atoms with Crippen LogP contribution >= 0.6 is 11.6 Å². The largest absolute Gasteiger partial charge is 0.493 e. The molecule has 6 heteroatoms. The highest BCUT2D eigenvalue weighted by Crippen LogP contribution is 2.31. The first-order valence-electron chi connectivity index (χ1n) is 8.72. The number of nitrogens with two attached hydrogens (primary N) is 1. The SMILES string of the molecule is Cc1ccc(N2CCC(COc3ccc(Cl)c(N)c3C=N)CC2)c(F)c1. The van der Waals surface area contributed by atoms with Crippen LogP contribution in [0.3, 0.4) is 0 Å². The van der Waals surface area contributed by atoms with E-state index in [-0.39, 0.29) is 5.82 Å². The maximum absolute atomic E-state index is 14.1. The zero-order chi connectivity index (χ0) is 18.7. The quantitative estimate of drug-likeness (QED) is 0.590. The van der Waals surface area contributed by atoms with Gasteiger partial charge in [0.25, 0.3) is 0 Å². The number of hydrogen-bond donors (Lipinski definition) is 2. The molecule has 0 bridgehead atoms. The fourth-order valence-corrected chi connectivity index (χ4v) is 3.45. The fourth-order valence-electron chi connectivity index (χ4n) is 3.28. The molecular weight excluding hydrogens is 353 g/mol. The Morgan fingerprint density at radius 2 is 2.04 bits per heavy atom. The highest BCUT2D eigenvalue weighted by Gasteiger charge is 2.22. The van der Waals surface area contributed by atoms with Crippen LogP contribution in [0.5, 0.6) is 5.75 Å². The normalized spacial score (nSPS) is 15.1. The summed E-state index contributed by atoms with van der Waals surface area (Å²) in [5.74, 6) is 0.802. The molecule has 0 aromatic heterocycles. The van der Waals surface area contributed by atoms with Crippen LogP contribution in [0, 0.1) is 24.1 Å². The number of nitrogens with one attached hydrogen (secondary N) is 1. The minimum absolute atomic E-state index is 0.160. The van der Waals surface area contributed by atoms with Crippen molar-refractivity contribution in [1.82, 2.24) is 0 Å². The molecule has 2 aromatic rings. The second kappa shape index (κ2) is 7.96. The maximum Gasteiger partial charge on any atom is 0.146 e. The Hall–Kier alpha value is -2.27. The lowest BCUT2D eigenvalue weighted by Gasteiger charge is -2.33. The van der Waals surface area contributed by atoms with Gasteiger partial charge in [0.2, 0.25) is 0 Å². The third kappa shape index (κ3) is 3.93. The summed E-state index contributed by atoms with van der Waals surface area (Å²) < 4.78 is 20.0. The van der Waals surface area contributed by atoms with Gasteiger partial charge in [0.05, 0.1) is 28.6 Å². The van der Waals surface area contributed by atoms with Gasteiger partial charge in [0.15, 0.2) is 0 Å². The van der Waals surface area contributed by atoms with Crippen LogP contribution in [0.4, 0.5) is 15.8 Å². The molecule has 1 fully saturated rings. The minimum Gasteiger partial charge on any atom is -0.493 e. The van der Waals surface area contributed by atoms with E-state index in [0.29, 0.717) is 40.2 Å². The fraction of sp³-hybridized carbons (Fsp3) is 0.350. The van der Waals surface area contributed by atoms with Crippen molar-refractivity contribution in [3.8, 4) is 5.75 Å². The molecule has 3 rings (SSSR count). The van der Waals surface area contributed by atoms with Crippen LogP contribution in [0.25, 0.3) is 0 Å². The maximum atomic E-state index is 14.1. The molecule has 1 heterocycles. The van der Waals surface area contributed by atoms with Gasteiger partial charge in [0.1, 0.15) is 11.6 Å². The summed E-state index contributed by atoms with van der Waals surface area (Å²) in [6.07, 6.45) is 3.02. The second-order valence-electron chi connectivity index (χ2n) is 6.71. The zero-order valence-electron chi connectivity index (χ0n) is 14.8. The van der Waals surface area contributed by atoms with Crippen LogP contribution in [-0.4, -0.2) is 25.9 Å². The Kier molecular flexibility index (Phi) is 5.67. The Labute approximate surface area is 158 Å². The number of aryl methyl sites for hydroxylation is 1. The second-order valence-corrected chi connectivity index (χ2v) is 7.12. The number of anilines is 2. The minimum atomic E-state index is -0.160. The van der Waals surface area contributed by atoms with Crippen LogP contribution in [0.15, 0.2) is 30.3 Å². The predicted octanol–water partition coefficient (Wildman–Crippen LogP) is 4.66. The lowest BCUT2D eigenvalue weighted by molar-refractivity contribution is 0.222. The average molecular weight is 376 g/mol. The van der Waals surface area contributed by atoms with Gasteiger partial charge in [-0.15, -0.1) is 0 Å². The molecular formula is C20H23ClFN3O. The van der Waals surface area contributed by atoms with E-state index in [1.165, 1.54) is 6.21 Å². The topological polar surface area (TPSA) is 62.3 Å². The summed E-state index contributed by atoms with van der Waals surface area (Å²) in [4.78, 5) is 2.09. The summed E-state index contributed by atoms with van der Waals surface area (Å²) in [7, 11) is 0. The van der Waals surface area contributed by atoms with E-state index in [4.69, 9.17) is 27.5 Å². The molecule has 0 saturated carbocycles. The number of nitrogens with zero attached hydrogens (tertiary/aromatic N) is 1. The van der Waals surface area contributed by atoms with E-state index in [9.17, 15) is 4.39 Å². The van der Waals surface area contributed by atoms with Gasteiger partial charge >= 0.3 is 0 Å². The molecule has 138 valence electrons. The van der Waals surface area contributed by atoms with Crippen molar-refractivity contribution in [3.63, 3.8) is 0 Å². The number of halogens is 2. The molecule has 1 aliphatic heterocycles. The molecule has 26 heavy (non-hydrogen) atoms. The number of benzene rings is 2. The zero-order valence-corrected chi connectivity index (χ0v) is 15.5. The Bertz CT molecular complexity index is 804. The molecule has 0 amide bonds. The summed E-state index contributed by atoms with van der Waals surface area (Å²) in [6, 6.07) is 8.80. The van der Waals surface area contributed by atoms with Gasteiger partial charge in [-0.25, -0.2) is 4.39 Å². The van der Waals surface area contributed by atoms with Gasteiger partial charge < -0.3 is 20.8 Å².